The molecule has 0 aliphatic rings. The average molecular weight is 277 g/mol. The maximum absolute atomic E-state index is 11.3. The number of aromatic nitrogens is 1. The van der Waals surface area contributed by atoms with Gasteiger partial charge in [-0.3, -0.25) is 0 Å². The van der Waals surface area contributed by atoms with Crippen LogP contribution < -0.4 is 0 Å². The summed E-state index contributed by atoms with van der Waals surface area (Å²) in [6.45, 7) is 1.88. The van der Waals surface area contributed by atoms with E-state index >= 15 is 0 Å². The summed E-state index contributed by atoms with van der Waals surface area (Å²) in [6, 6.07) is 0. The quantitative estimate of drug-likeness (QED) is 0.773. The largest absolute Gasteiger partial charge is 0.461 e. The summed E-state index contributed by atoms with van der Waals surface area (Å²) >= 11 is 22.7. The van der Waals surface area contributed by atoms with Gasteiger partial charge in [-0.05, 0) is 6.92 Å². The topological polar surface area (TPSA) is 31.2 Å². The number of rotatable bonds is 2. The highest BCUT2D eigenvalue weighted by Gasteiger charge is 2.24. The lowest BCUT2D eigenvalue weighted by atomic mass is 10.4. The zero-order valence-corrected chi connectivity index (χ0v) is 10.0. The molecule has 0 atom stereocenters. The molecule has 0 aromatic carbocycles. The van der Waals surface area contributed by atoms with Crippen molar-refractivity contribution in [2.45, 2.75) is 6.92 Å². The predicted molar refractivity (Wildman–Crippen MR) is 56.7 cm³/mol. The first-order valence-electron chi connectivity index (χ1n) is 3.59. The summed E-state index contributed by atoms with van der Waals surface area (Å²) in [6.07, 6.45) is 0. The zero-order chi connectivity index (χ0) is 10.9. The van der Waals surface area contributed by atoms with Gasteiger partial charge >= 0.3 is 5.97 Å². The Bertz CT molecular complexity index is 349. The maximum atomic E-state index is 11.3. The number of nitrogens with zero attached hydrogens (tertiary/aromatic N) is 1. The number of ether oxygens (including phenoxy) is 1. The molecule has 0 spiro atoms. The Balaban J connectivity index is 3.21. The van der Waals surface area contributed by atoms with Gasteiger partial charge in [0.15, 0.2) is 5.69 Å². The molecule has 0 N–H and O–H groups in total. The highest BCUT2D eigenvalue weighted by atomic mass is 35.5. The third kappa shape index (κ3) is 1.96. The van der Waals surface area contributed by atoms with Gasteiger partial charge in [0.25, 0.3) is 0 Å². The van der Waals surface area contributed by atoms with Crippen molar-refractivity contribution in [3.63, 3.8) is 0 Å². The van der Waals surface area contributed by atoms with E-state index < -0.39 is 5.97 Å². The molecule has 78 valence electrons. The van der Waals surface area contributed by atoms with Gasteiger partial charge in [0.1, 0.15) is 5.15 Å². The molecule has 1 aromatic rings. The van der Waals surface area contributed by atoms with Crippen molar-refractivity contribution in [3.05, 3.63) is 20.9 Å². The number of esters is 1. The minimum absolute atomic E-state index is 0.00915. The molecule has 3 nitrogen and oxygen atoms in total. The fourth-order valence-electron chi connectivity index (χ4n) is 0.834. The lowest BCUT2D eigenvalue weighted by Gasteiger charge is -2.01. The maximum Gasteiger partial charge on any atom is 0.357 e. The number of halogens is 4. The summed E-state index contributed by atoms with van der Waals surface area (Å²) in [4.78, 5) is 11.3. The number of carbonyl (C=O) groups excluding carboxylic acids is 1. The Morgan fingerprint density at radius 2 is 1.93 bits per heavy atom. The predicted octanol–water partition coefficient (Wildman–Crippen LogP) is 3.63. The van der Waals surface area contributed by atoms with Crippen molar-refractivity contribution in [2.75, 3.05) is 6.61 Å². The first-order valence-corrected chi connectivity index (χ1v) is 5.06. The van der Waals surface area contributed by atoms with Crippen LogP contribution in [-0.2, 0) is 4.74 Å². The molecule has 0 unspecified atom stereocenters. The lowest BCUT2D eigenvalue weighted by molar-refractivity contribution is 0.0519. The van der Waals surface area contributed by atoms with Gasteiger partial charge in [-0.25, -0.2) is 8.88 Å². The Hall–Kier alpha value is -0.0900. The Kier molecular flexibility index (Phi) is 3.95. The molecule has 7 heteroatoms. The van der Waals surface area contributed by atoms with Crippen LogP contribution in [0.5, 0.6) is 0 Å². The van der Waals surface area contributed by atoms with Crippen LogP contribution in [0.2, 0.25) is 15.2 Å². The molecule has 1 rings (SSSR count). The second-order valence-corrected chi connectivity index (χ2v) is 3.72. The SMILES string of the molecule is CCOC(=O)c1c(Cl)c(Cl)c(Cl)n1Cl. The van der Waals surface area contributed by atoms with E-state index in [1.807, 2.05) is 0 Å². The van der Waals surface area contributed by atoms with Gasteiger partial charge in [0, 0.05) is 11.8 Å². The fraction of sp³-hybridized carbons (Fsp3) is 0.286. The van der Waals surface area contributed by atoms with Crippen molar-refractivity contribution < 1.29 is 9.53 Å². The lowest BCUT2D eigenvalue weighted by Crippen LogP contribution is -2.08. The number of hydrogen-bond acceptors (Lipinski definition) is 2. The fourth-order valence-corrected chi connectivity index (χ4v) is 1.81. The van der Waals surface area contributed by atoms with Crippen molar-refractivity contribution in [2.24, 2.45) is 0 Å². The van der Waals surface area contributed by atoms with E-state index in [4.69, 9.17) is 51.3 Å². The van der Waals surface area contributed by atoms with Crippen molar-refractivity contribution in [1.82, 2.24) is 4.09 Å². The van der Waals surface area contributed by atoms with Crippen LogP contribution >= 0.6 is 46.6 Å². The van der Waals surface area contributed by atoms with Crippen molar-refractivity contribution >= 4 is 52.5 Å². The molecule has 1 heterocycles. The summed E-state index contributed by atoms with van der Waals surface area (Å²) in [5, 5.41) is 0.0119. The molecule has 1 aromatic heterocycles. The molecule has 0 saturated carbocycles. The monoisotopic (exact) mass is 275 g/mol. The average Bonchev–Trinajstić information content (AvgIpc) is 2.32. The van der Waals surface area contributed by atoms with Crippen LogP contribution in [0.3, 0.4) is 0 Å². The highest BCUT2D eigenvalue weighted by molar-refractivity contribution is 6.50. The normalized spacial score (nSPS) is 10.4. The Labute approximate surface area is 101 Å². The number of carbonyl (C=O) groups is 1. The van der Waals surface area contributed by atoms with Gasteiger partial charge < -0.3 is 4.74 Å². The zero-order valence-electron chi connectivity index (χ0n) is 6.98. The van der Waals surface area contributed by atoms with Crippen LogP contribution in [0.1, 0.15) is 17.4 Å². The third-order valence-corrected chi connectivity index (χ3v) is 3.13. The second-order valence-electron chi connectivity index (χ2n) is 2.27. The van der Waals surface area contributed by atoms with E-state index in [1.165, 1.54) is 0 Å². The van der Waals surface area contributed by atoms with E-state index in [9.17, 15) is 4.79 Å². The van der Waals surface area contributed by atoms with Gasteiger partial charge in [0.2, 0.25) is 0 Å². The van der Waals surface area contributed by atoms with E-state index in [0.717, 1.165) is 4.09 Å². The summed E-state index contributed by atoms with van der Waals surface area (Å²) < 4.78 is 5.58. The minimum Gasteiger partial charge on any atom is -0.461 e. The second kappa shape index (κ2) is 4.62. The summed E-state index contributed by atoms with van der Waals surface area (Å²) in [7, 11) is 0. The van der Waals surface area contributed by atoms with Crippen LogP contribution in [0, 0.1) is 0 Å². The smallest absolute Gasteiger partial charge is 0.357 e. The van der Waals surface area contributed by atoms with Crippen LogP contribution in [-0.4, -0.2) is 16.7 Å². The standard InChI is InChI=1S/C7H5Cl4NO2/c1-2-14-7(13)5-3(8)4(9)6(10)12(5)11/h2H2,1H3. The Morgan fingerprint density at radius 1 is 1.36 bits per heavy atom. The number of hydrogen-bond donors (Lipinski definition) is 0. The van der Waals surface area contributed by atoms with Gasteiger partial charge in [-0.2, -0.15) is 0 Å². The molecule has 0 fully saturated rings. The minimum atomic E-state index is -0.665. The van der Waals surface area contributed by atoms with E-state index in [0.29, 0.717) is 0 Å². The molecule has 14 heavy (non-hydrogen) atoms. The first-order chi connectivity index (χ1) is 6.50. The molecule has 0 amide bonds. The molecule has 0 saturated heterocycles. The molecular weight excluding hydrogens is 272 g/mol. The Morgan fingerprint density at radius 3 is 2.29 bits per heavy atom. The molecule has 0 bridgehead atoms. The van der Waals surface area contributed by atoms with Crippen LogP contribution in [0.25, 0.3) is 0 Å². The first kappa shape index (κ1) is 12.0. The van der Waals surface area contributed by atoms with Gasteiger partial charge in [-0.15, -0.1) is 0 Å². The summed E-state index contributed by atoms with van der Waals surface area (Å²) in [5.74, 6) is -0.665. The molecule has 0 aliphatic carbocycles. The van der Waals surface area contributed by atoms with Gasteiger partial charge in [0.05, 0.1) is 16.7 Å². The van der Waals surface area contributed by atoms with Crippen LogP contribution in [0.15, 0.2) is 0 Å². The third-order valence-electron chi connectivity index (χ3n) is 1.42. The molecular formula is C7H5Cl4NO2. The van der Waals surface area contributed by atoms with E-state index in [2.05, 4.69) is 0 Å². The molecule has 0 radical (unpaired) electrons. The highest BCUT2D eigenvalue weighted by Crippen LogP contribution is 2.36. The van der Waals surface area contributed by atoms with E-state index in [1.54, 1.807) is 6.92 Å². The van der Waals surface area contributed by atoms with Gasteiger partial charge in [-0.1, -0.05) is 34.8 Å². The summed E-state index contributed by atoms with van der Waals surface area (Å²) in [5.41, 5.74) is -0.0646. The molecule has 0 aliphatic heterocycles. The van der Waals surface area contributed by atoms with Crippen LogP contribution in [0.4, 0.5) is 0 Å². The van der Waals surface area contributed by atoms with E-state index in [-0.39, 0.29) is 27.5 Å². The van der Waals surface area contributed by atoms with Crippen molar-refractivity contribution in [1.29, 1.82) is 0 Å². The van der Waals surface area contributed by atoms with Crippen molar-refractivity contribution in [3.8, 4) is 0 Å².